The van der Waals surface area contributed by atoms with Gasteiger partial charge in [-0.1, -0.05) is 18.2 Å². The van der Waals surface area contributed by atoms with E-state index in [1.54, 1.807) is 18.2 Å². The number of aryl methyl sites for hydroxylation is 3. The summed E-state index contributed by atoms with van der Waals surface area (Å²) in [7, 11) is 0. The van der Waals surface area contributed by atoms with Gasteiger partial charge in [-0.3, -0.25) is 9.78 Å². The van der Waals surface area contributed by atoms with Gasteiger partial charge in [-0.25, -0.2) is 14.4 Å². The van der Waals surface area contributed by atoms with Crippen molar-refractivity contribution in [2.75, 3.05) is 18.0 Å². The molecule has 2 unspecified atom stereocenters. The van der Waals surface area contributed by atoms with E-state index >= 15 is 0 Å². The van der Waals surface area contributed by atoms with Crippen molar-refractivity contribution in [1.29, 1.82) is 0 Å². The number of hydrogen-bond acceptors (Lipinski definition) is 6. The molecule has 2 atom stereocenters. The Morgan fingerprint density at radius 2 is 1.78 bits per heavy atom. The fraction of sp³-hybridized carbons (Fsp3) is 0.280. The molecule has 0 radical (unpaired) electrons. The Morgan fingerprint density at radius 3 is 2.53 bits per heavy atom. The molecule has 0 spiro atoms. The lowest BCUT2D eigenvalue weighted by Gasteiger charge is -2.17. The first-order valence-electron chi connectivity index (χ1n) is 10.7. The first kappa shape index (κ1) is 20.5. The van der Waals surface area contributed by atoms with E-state index in [1.165, 1.54) is 6.07 Å². The largest absolute Gasteiger partial charge is 0.316 e. The van der Waals surface area contributed by atoms with Crippen molar-refractivity contribution >= 4 is 11.7 Å². The maximum atomic E-state index is 14.9. The topological polar surface area (TPSA) is 71.0 Å². The molecule has 2 aromatic heterocycles. The molecule has 5 rings (SSSR count). The minimum Gasteiger partial charge on any atom is -0.316 e. The third-order valence-electron chi connectivity index (χ3n) is 6.01. The molecule has 2 aliphatic rings. The van der Waals surface area contributed by atoms with Crippen LogP contribution in [0.15, 0.2) is 54.2 Å². The molecule has 4 heterocycles. The number of Topliss-reactive ketones (excluding diaryl/α,β-unsaturated/α-hetero) is 1. The van der Waals surface area contributed by atoms with E-state index < -0.39 is 11.9 Å². The van der Waals surface area contributed by atoms with Crippen molar-refractivity contribution in [3.05, 3.63) is 82.7 Å². The number of carbonyl (C=O) groups is 1. The summed E-state index contributed by atoms with van der Waals surface area (Å²) in [6.45, 7) is 7.13. The molecular weight excluding hydrogens is 405 g/mol. The van der Waals surface area contributed by atoms with E-state index in [-0.39, 0.29) is 17.3 Å². The minimum absolute atomic E-state index is 0.153. The second kappa shape index (κ2) is 7.91. The number of halogens is 1. The van der Waals surface area contributed by atoms with Crippen molar-refractivity contribution in [2.45, 2.75) is 26.8 Å². The van der Waals surface area contributed by atoms with Gasteiger partial charge in [0.1, 0.15) is 5.82 Å². The summed E-state index contributed by atoms with van der Waals surface area (Å²) < 4.78 is 14.9. The molecule has 1 aromatic carbocycles. The highest BCUT2D eigenvalue weighted by Crippen LogP contribution is 2.34. The molecule has 0 saturated carbocycles. The maximum absolute atomic E-state index is 14.9. The highest BCUT2D eigenvalue weighted by molar-refractivity contribution is 6.07. The molecule has 2 aliphatic heterocycles. The predicted molar refractivity (Wildman–Crippen MR) is 121 cm³/mol. The highest BCUT2D eigenvalue weighted by atomic mass is 19.1. The number of hydrogen-bond donors (Lipinski definition) is 1. The third kappa shape index (κ3) is 3.58. The molecule has 1 saturated heterocycles. The van der Waals surface area contributed by atoms with Crippen molar-refractivity contribution in [3.63, 3.8) is 0 Å². The van der Waals surface area contributed by atoms with Crippen molar-refractivity contribution in [1.82, 2.24) is 20.3 Å². The molecule has 0 aliphatic carbocycles. The first-order valence-corrected chi connectivity index (χ1v) is 10.7. The van der Waals surface area contributed by atoms with Crippen LogP contribution in [0.1, 0.15) is 27.4 Å². The van der Waals surface area contributed by atoms with Crippen LogP contribution in [-0.4, -0.2) is 39.9 Å². The fourth-order valence-electron chi connectivity index (χ4n) is 4.60. The molecule has 1 fully saturated rings. The summed E-state index contributed by atoms with van der Waals surface area (Å²) in [5.41, 5.74) is 4.62. The van der Waals surface area contributed by atoms with Gasteiger partial charge in [0.2, 0.25) is 5.95 Å². The smallest absolute Gasteiger partial charge is 0.229 e. The van der Waals surface area contributed by atoms with Crippen LogP contribution in [0.3, 0.4) is 0 Å². The Hall–Kier alpha value is -3.45. The van der Waals surface area contributed by atoms with Crippen molar-refractivity contribution in [3.8, 4) is 11.3 Å². The molecule has 3 aromatic rings. The number of aromatic nitrogens is 3. The third-order valence-corrected chi connectivity index (χ3v) is 6.01. The Balaban J connectivity index is 1.50. The number of fused-ring (bicyclic) bond motifs is 1. The average Bonchev–Trinajstić information content (AvgIpc) is 3.33. The average molecular weight is 429 g/mol. The van der Waals surface area contributed by atoms with E-state index in [4.69, 9.17) is 0 Å². The number of benzene rings is 1. The lowest BCUT2D eigenvalue weighted by molar-refractivity contribution is 0.0966. The minimum atomic E-state index is -0.513. The zero-order valence-corrected chi connectivity index (χ0v) is 18.3. The summed E-state index contributed by atoms with van der Waals surface area (Å²) in [6.07, 6.45) is 1.98. The summed E-state index contributed by atoms with van der Waals surface area (Å²) >= 11 is 0. The fourth-order valence-corrected chi connectivity index (χ4v) is 4.60. The van der Waals surface area contributed by atoms with E-state index in [0.29, 0.717) is 30.3 Å². The van der Waals surface area contributed by atoms with Crippen LogP contribution in [0.4, 0.5) is 10.3 Å². The van der Waals surface area contributed by atoms with Crippen LogP contribution in [0, 0.1) is 32.5 Å². The van der Waals surface area contributed by atoms with E-state index in [9.17, 15) is 9.18 Å². The second-order valence-corrected chi connectivity index (χ2v) is 8.46. The van der Waals surface area contributed by atoms with Crippen LogP contribution in [0.2, 0.25) is 0 Å². The predicted octanol–water partition coefficient (Wildman–Crippen LogP) is 3.78. The van der Waals surface area contributed by atoms with Gasteiger partial charge in [-0.2, -0.15) is 0 Å². The number of anilines is 1. The number of rotatable bonds is 4. The quantitative estimate of drug-likeness (QED) is 0.637. The van der Waals surface area contributed by atoms with Gasteiger partial charge in [0.25, 0.3) is 0 Å². The lowest BCUT2D eigenvalue weighted by Crippen LogP contribution is -2.33. The van der Waals surface area contributed by atoms with Gasteiger partial charge in [-0.05, 0) is 50.6 Å². The van der Waals surface area contributed by atoms with Gasteiger partial charge in [0, 0.05) is 53.4 Å². The lowest BCUT2D eigenvalue weighted by atomic mass is 9.91. The zero-order chi connectivity index (χ0) is 22.4. The molecule has 7 heteroatoms. The Morgan fingerprint density at radius 1 is 1.03 bits per heavy atom. The van der Waals surface area contributed by atoms with E-state index in [2.05, 4.69) is 20.3 Å². The van der Waals surface area contributed by atoms with Crippen LogP contribution in [-0.2, 0) is 0 Å². The number of carbonyl (C=O) groups excluding carboxylic acids is 1. The van der Waals surface area contributed by atoms with Gasteiger partial charge in [0.05, 0.1) is 11.7 Å². The maximum Gasteiger partial charge on any atom is 0.229 e. The Kier molecular flexibility index (Phi) is 5.06. The number of nitrogens with one attached hydrogen (secondary N) is 1. The second-order valence-electron chi connectivity index (χ2n) is 8.46. The van der Waals surface area contributed by atoms with Crippen LogP contribution < -0.4 is 10.2 Å². The Labute approximate surface area is 186 Å². The highest BCUT2D eigenvalue weighted by Gasteiger charge is 2.41. The summed E-state index contributed by atoms with van der Waals surface area (Å²) in [5, 5.41) is 3.33. The summed E-state index contributed by atoms with van der Waals surface area (Å²) in [4.78, 5) is 29.2. The van der Waals surface area contributed by atoms with Gasteiger partial charge in [0.15, 0.2) is 5.78 Å². The standard InChI is InChI=1S/C25H24FN5O/c1-14-6-4-9-21(28-14)22-18(7-5-8-20(22)26)24(32)23-19-13-31(12-17(19)11-27-23)25-29-15(2)10-16(3)30-25/h4-10,13,17,23,27H,11-12H2,1-3H3. The zero-order valence-electron chi connectivity index (χ0n) is 18.3. The summed E-state index contributed by atoms with van der Waals surface area (Å²) in [5.74, 6) is 0.224. The van der Waals surface area contributed by atoms with Crippen molar-refractivity contribution < 1.29 is 9.18 Å². The van der Waals surface area contributed by atoms with E-state index in [1.807, 2.05) is 50.1 Å². The molecule has 1 N–H and O–H groups in total. The van der Waals surface area contributed by atoms with Crippen LogP contribution in [0.25, 0.3) is 11.3 Å². The monoisotopic (exact) mass is 429 g/mol. The molecule has 0 bridgehead atoms. The molecule has 6 nitrogen and oxygen atoms in total. The molecule has 0 amide bonds. The summed E-state index contributed by atoms with van der Waals surface area (Å²) in [6, 6.07) is 11.5. The Bertz CT molecular complexity index is 1230. The molecule has 32 heavy (non-hydrogen) atoms. The van der Waals surface area contributed by atoms with Crippen LogP contribution >= 0.6 is 0 Å². The number of nitrogens with zero attached hydrogens (tertiary/aromatic N) is 4. The van der Waals surface area contributed by atoms with Crippen LogP contribution in [0.5, 0.6) is 0 Å². The van der Waals surface area contributed by atoms with Crippen molar-refractivity contribution in [2.24, 2.45) is 5.92 Å². The normalized spacial score (nSPS) is 19.8. The number of ketones is 1. The van der Waals surface area contributed by atoms with Gasteiger partial charge < -0.3 is 10.2 Å². The number of pyridine rings is 1. The SMILES string of the molecule is Cc1cccc(-c2c(F)cccc2C(=O)C2NCC3CN(c4nc(C)cc(C)n4)C=C32)n1. The van der Waals surface area contributed by atoms with Gasteiger partial charge in [-0.15, -0.1) is 0 Å². The van der Waals surface area contributed by atoms with E-state index in [0.717, 1.165) is 22.7 Å². The van der Waals surface area contributed by atoms with Gasteiger partial charge >= 0.3 is 0 Å². The molecule has 162 valence electrons. The molecular formula is C25H24FN5O. The first-order chi connectivity index (χ1) is 15.4.